The predicted octanol–water partition coefficient (Wildman–Crippen LogP) is 2.24. The molecule has 1 rings (SSSR count). The van der Waals surface area contributed by atoms with Crippen molar-refractivity contribution in [1.82, 2.24) is 0 Å². The van der Waals surface area contributed by atoms with Gasteiger partial charge >= 0.3 is 5.69 Å². The average Bonchev–Trinajstić information content (AvgIpc) is 2.20. The number of halogens is 1. The van der Waals surface area contributed by atoms with E-state index in [1.54, 1.807) is 0 Å². The summed E-state index contributed by atoms with van der Waals surface area (Å²) in [6.07, 6.45) is 1.26. The van der Waals surface area contributed by atoms with E-state index in [-0.39, 0.29) is 5.56 Å². The van der Waals surface area contributed by atoms with E-state index in [4.69, 9.17) is 5.73 Å². The number of rotatable bonds is 4. The highest BCUT2D eigenvalue weighted by Crippen LogP contribution is 2.35. The average molecular weight is 228 g/mol. The molecule has 0 radical (unpaired) electrons. The Labute approximate surface area is 91.8 Å². The van der Waals surface area contributed by atoms with Crippen LogP contribution in [0.4, 0.5) is 10.1 Å². The lowest BCUT2D eigenvalue weighted by molar-refractivity contribution is -0.386. The van der Waals surface area contributed by atoms with E-state index in [9.17, 15) is 19.6 Å². The number of nitrogens with zero attached hydrogens (tertiary/aromatic N) is 1. The van der Waals surface area contributed by atoms with Crippen molar-refractivity contribution in [3.05, 3.63) is 33.6 Å². The van der Waals surface area contributed by atoms with Crippen LogP contribution in [0.1, 0.15) is 31.4 Å². The summed E-state index contributed by atoms with van der Waals surface area (Å²) in [6, 6.07) is 1.11. The van der Waals surface area contributed by atoms with Crippen molar-refractivity contribution >= 4 is 5.69 Å². The van der Waals surface area contributed by atoms with Gasteiger partial charge in [0.05, 0.1) is 11.0 Å². The summed E-state index contributed by atoms with van der Waals surface area (Å²) >= 11 is 0. The molecule has 5 nitrogen and oxygen atoms in total. The molecule has 0 saturated carbocycles. The number of hydrogen-bond acceptors (Lipinski definition) is 4. The van der Waals surface area contributed by atoms with Crippen LogP contribution in [0.3, 0.4) is 0 Å². The summed E-state index contributed by atoms with van der Waals surface area (Å²) in [7, 11) is 0. The smallest absolute Gasteiger partial charge is 0.313 e. The maximum absolute atomic E-state index is 13.1. The fourth-order valence-corrected chi connectivity index (χ4v) is 1.49. The van der Waals surface area contributed by atoms with Crippen molar-refractivity contribution < 1.29 is 14.4 Å². The van der Waals surface area contributed by atoms with Crippen molar-refractivity contribution in [3.8, 4) is 5.75 Å². The molecule has 1 aromatic rings. The Bertz CT molecular complexity index is 409. The van der Waals surface area contributed by atoms with Gasteiger partial charge in [-0.3, -0.25) is 10.1 Å². The number of nitrogens with two attached hydrogens (primary N) is 1. The Morgan fingerprint density at radius 3 is 2.75 bits per heavy atom. The van der Waals surface area contributed by atoms with Crippen molar-refractivity contribution in [2.75, 3.05) is 0 Å². The first kappa shape index (κ1) is 12.4. The lowest BCUT2D eigenvalue weighted by Gasteiger charge is -2.12. The SMILES string of the molecule is CCC[C@@H](N)c1cc(F)cc([N+](=O)[O-])c1O. The Balaban J connectivity index is 3.23. The minimum Gasteiger partial charge on any atom is -0.502 e. The van der Waals surface area contributed by atoms with Gasteiger partial charge in [-0.05, 0) is 12.5 Å². The standard InChI is InChI=1S/C10H13FN2O3/c1-2-3-8(12)7-4-6(11)5-9(10(7)14)13(15)16/h4-5,8,14H,2-3,12H2,1H3/t8-/m1/s1. The summed E-state index contributed by atoms with van der Waals surface area (Å²) in [4.78, 5) is 9.71. The van der Waals surface area contributed by atoms with E-state index in [1.807, 2.05) is 6.92 Å². The van der Waals surface area contributed by atoms with Crippen molar-refractivity contribution in [3.63, 3.8) is 0 Å². The lowest BCUT2D eigenvalue weighted by Crippen LogP contribution is -2.11. The maximum atomic E-state index is 13.1. The normalized spacial score (nSPS) is 12.4. The summed E-state index contributed by atoms with van der Waals surface area (Å²) in [5.74, 6) is -1.32. The summed E-state index contributed by atoms with van der Waals surface area (Å²) in [5.41, 5.74) is 5.12. The van der Waals surface area contributed by atoms with Crippen LogP contribution in [0.25, 0.3) is 0 Å². The highest BCUT2D eigenvalue weighted by atomic mass is 19.1. The van der Waals surface area contributed by atoms with Crippen molar-refractivity contribution in [1.29, 1.82) is 0 Å². The molecule has 0 aliphatic rings. The number of nitro benzene ring substituents is 1. The van der Waals surface area contributed by atoms with E-state index >= 15 is 0 Å². The third-order valence-electron chi connectivity index (χ3n) is 2.28. The number of phenols is 1. The van der Waals surface area contributed by atoms with Crippen molar-refractivity contribution in [2.45, 2.75) is 25.8 Å². The first-order valence-corrected chi connectivity index (χ1v) is 4.89. The molecule has 0 heterocycles. The molecule has 0 aromatic heterocycles. The summed E-state index contributed by atoms with van der Waals surface area (Å²) < 4.78 is 13.1. The van der Waals surface area contributed by atoms with Gasteiger partial charge in [0.25, 0.3) is 0 Å². The minimum atomic E-state index is -0.833. The fourth-order valence-electron chi connectivity index (χ4n) is 1.49. The number of benzene rings is 1. The van der Waals surface area contributed by atoms with Crippen LogP contribution in [0.15, 0.2) is 12.1 Å². The second-order valence-electron chi connectivity index (χ2n) is 3.52. The highest BCUT2D eigenvalue weighted by Gasteiger charge is 2.22. The van der Waals surface area contributed by atoms with Gasteiger partial charge < -0.3 is 10.8 Å². The molecule has 1 aromatic carbocycles. The van der Waals surface area contributed by atoms with Crippen LogP contribution in [0, 0.1) is 15.9 Å². The topological polar surface area (TPSA) is 89.4 Å². The highest BCUT2D eigenvalue weighted by molar-refractivity contribution is 5.52. The van der Waals surface area contributed by atoms with E-state index in [2.05, 4.69) is 0 Å². The van der Waals surface area contributed by atoms with Gasteiger partial charge in [0.1, 0.15) is 5.82 Å². The Morgan fingerprint density at radius 2 is 2.25 bits per heavy atom. The molecule has 0 saturated heterocycles. The molecular weight excluding hydrogens is 215 g/mol. The van der Waals surface area contributed by atoms with E-state index in [0.717, 1.165) is 12.5 Å². The largest absolute Gasteiger partial charge is 0.502 e. The Hall–Kier alpha value is -1.69. The second-order valence-corrected chi connectivity index (χ2v) is 3.52. The number of phenolic OH excluding ortho intramolecular Hbond substituents is 1. The van der Waals surface area contributed by atoms with Gasteiger partial charge in [0.15, 0.2) is 5.75 Å². The zero-order valence-electron chi connectivity index (χ0n) is 8.81. The second kappa shape index (κ2) is 4.89. The number of hydrogen-bond donors (Lipinski definition) is 2. The molecule has 88 valence electrons. The lowest BCUT2D eigenvalue weighted by atomic mass is 10.0. The molecule has 0 unspecified atom stereocenters. The molecule has 0 amide bonds. The monoisotopic (exact) mass is 228 g/mol. The molecule has 3 N–H and O–H groups in total. The van der Waals surface area contributed by atoms with Crippen LogP contribution in [-0.2, 0) is 0 Å². The van der Waals surface area contributed by atoms with Crippen LogP contribution in [0.2, 0.25) is 0 Å². The molecule has 0 aliphatic carbocycles. The molecule has 1 atom stereocenters. The van der Waals surface area contributed by atoms with Gasteiger partial charge in [0.2, 0.25) is 0 Å². The zero-order chi connectivity index (χ0) is 12.3. The van der Waals surface area contributed by atoms with E-state index in [1.165, 1.54) is 0 Å². The van der Waals surface area contributed by atoms with Crippen LogP contribution in [-0.4, -0.2) is 10.0 Å². The van der Waals surface area contributed by atoms with Crippen molar-refractivity contribution in [2.24, 2.45) is 5.73 Å². The quantitative estimate of drug-likeness (QED) is 0.610. The molecule has 0 aliphatic heterocycles. The molecule has 16 heavy (non-hydrogen) atoms. The fraction of sp³-hybridized carbons (Fsp3) is 0.400. The molecule has 0 spiro atoms. The van der Waals surface area contributed by atoms with Crippen LogP contribution >= 0.6 is 0 Å². The summed E-state index contributed by atoms with van der Waals surface area (Å²) in [6.45, 7) is 1.88. The molecule has 0 fully saturated rings. The Kier molecular flexibility index (Phi) is 3.78. The number of aromatic hydroxyl groups is 1. The third-order valence-corrected chi connectivity index (χ3v) is 2.28. The van der Waals surface area contributed by atoms with Crippen LogP contribution in [0.5, 0.6) is 5.75 Å². The minimum absolute atomic E-state index is 0.0774. The van der Waals surface area contributed by atoms with Gasteiger partial charge in [-0.25, -0.2) is 4.39 Å². The third kappa shape index (κ3) is 2.46. The van der Waals surface area contributed by atoms with E-state index in [0.29, 0.717) is 12.5 Å². The first-order chi connectivity index (χ1) is 7.47. The van der Waals surface area contributed by atoms with E-state index < -0.39 is 28.2 Å². The van der Waals surface area contributed by atoms with Gasteiger partial charge in [-0.2, -0.15) is 0 Å². The Morgan fingerprint density at radius 1 is 1.62 bits per heavy atom. The predicted molar refractivity (Wildman–Crippen MR) is 56.6 cm³/mol. The zero-order valence-corrected chi connectivity index (χ0v) is 8.81. The van der Waals surface area contributed by atoms with Gasteiger partial charge in [-0.1, -0.05) is 13.3 Å². The maximum Gasteiger partial charge on any atom is 0.313 e. The molecule has 0 bridgehead atoms. The number of nitro groups is 1. The van der Waals surface area contributed by atoms with Gasteiger partial charge in [-0.15, -0.1) is 0 Å². The van der Waals surface area contributed by atoms with Gasteiger partial charge in [0, 0.05) is 11.6 Å². The first-order valence-electron chi connectivity index (χ1n) is 4.89. The summed E-state index contributed by atoms with van der Waals surface area (Å²) in [5, 5.41) is 20.1. The van der Waals surface area contributed by atoms with Crippen LogP contribution < -0.4 is 5.73 Å². The molecule has 6 heteroatoms. The molecular formula is C10H13FN2O3.